The van der Waals surface area contributed by atoms with Crippen molar-refractivity contribution in [2.24, 2.45) is 0 Å². The van der Waals surface area contributed by atoms with Crippen LogP contribution in [0.4, 0.5) is 0 Å². The molecule has 0 spiro atoms. The first-order valence-corrected chi connectivity index (χ1v) is 7.02. The first-order valence-electron chi connectivity index (χ1n) is 5.15. The molecule has 2 aromatic rings. The Labute approximate surface area is 126 Å². The zero-order valence-corrected chi connectivity index (χ0v) is 12.9. The van der Waals surface area contributed by atoms with Crippen LogP contribution in [0.15, 0.2) is 33.6 Å². The van der Waals surface area contributed by atoms with Crippen LogP contribution in [0.3, 0.4) is 0 Å². The number of amides is 1. The molecular weight excluding hydrogens is 413 g/mol. The van der Waals surface area contributed by atoms with Crippen LogP contribution in [-0.4, -0.2) is 22.6 Å². The molecule has 2 rings (SSSR count). The van der Waals surface area contributed by atoms with E-state index in [9.17, 15) is 4.79 Å². The Morgan fingerprint density at radius 2 is 2.33 bits per heavy atom. The van der Waals surface area contributed by atoms with Crippen molar-refractivity contribution in [2.75, 3.05) is 6.54 Å². The number of nitrogens with one attached hydrogen (secondary N) is 1. The SMILES string of the molecule is O=C(NCCc1ncon1)c1cc(I)ccc1Br. The number of halogens is 2. The van der Waals surface area contributed by atoms with Gasteiger partial charge in [0.25, 0.3) is 5.91 Å². The molecule has 0 aliphatic rings. The van der Waals surface area contributed by atoms with Crippen molar-refractivity contribution in [1.82, 2.24) is 15.5 Å². The van der Waals surface area contributed by atoms with Crippen molar-refractivity contribution in [3.8, 4) is 0 Å². The smallest absolute Gasteiger partial charge is 0.252 e. The third-order valence-corrected chi connectivity index (χ3v) is 3.58. The number of benzene rings is 1. The Kier molecular flexibility index (Phi) is 4.70. The first kappa shape index (κ1) is 13.5. The van der Waals surface area contributed by atoms with E-state index in [0.29, 0.717) is 24.4 Å². The highest BCUT2D eigenvalue weighted by molar-refractivity contribution is 14.1. The molecule has 1 N–H and O–H groups in total. The van der Waals surface area contributed by atoms with Crippen LogP contribution in [0.25, 0.3) is 0 Å². The number of carbonyl (C=O) groups excluding carboxylic acids is 1. The van der Waals surface area contributed by atoms with Crippen LogP contribution < -0.4 is 5.32 Å². The summed E-state index contributed by atoms with van der Waals surface area (Å²) in [6.07, 6.45) is 1.82. The molecular formula is C11H9BrIN3O2. The summed E-state index contributed by atoms with van der Waals surface area (Å²) in [5, 5.41) is 6.48. The van der Waals surface area contributed by atoms with Crippen LogP contribution in [-0.2, 0) is 6.42 Å². The summed E-state index contributed by atoms with van der Waals surface area (Å²) in [6, 6.07) is 5.62. The van der Waals surface area contributed by atoms with Gasteiger partial charge in [0.2, 0.25) is 6.39 Å². The number of hydrogen-bond donors (Lipinski definition) is 1. The van der Waals surface area contributed by atoms with E-state index >= 15 is 0 Å². The van der Waals surface area contributed by atoms with E-state index in [0.717, 1.165) is 8.04 Å². The molecule has 0 fully saturated rings. The van der Waals surface area contributed by atoms with Gasteiger partial charge in [0.1, 0.15) is 0 Å². The highest BCUT2D eigenvalue weighted by Gasteiger charge is 2.10. The molecule has 0 atom stereocenters. The van der Waals surface area contributed by atoms with Crippen molar-refractivity contribution >= 4 is 44.4 Å². The van der Waals surface area contributed by atoms with Gasteiger partial charge in [0.15, 0.2) is 5.82 Å². The van der Waals surface area contributed by atoms with E-state index in [4.69, 9.17) is 0 Å². The highest BCUT2D eigenvalue weighted by atomic mass is 127. The van der Waals surface area contributed by atoms with Gasteiger partial charge in [-0.2, -0.15) is 4.98 Å². The van der Waals surface area contributed by atoms with E-state index in [2.05, 4.69) is 58.5 Å². The number of aromatic nitrogens is 2. The third kappa shape index (κ3) is 3.52. The van der Waals surface area contributed by atoms with Gasteiger partial charge in [-0.1, -0.05) is 5.16 Å². The van der Waals surface area contributed by atoms with E-state index in [1.165, 1.54) is 6.39 Å². The van der Waals surface area contributed by atoms with Crippen LogP contribution in [0.1, 0.15) is 16.2 Å². The predicted molar refractivity (Wildman–Crippen MR) is 77.2 cm³/mol. The summed E-state index contributed by atoms with van der Waals surface area (Å²) in [5.74, 6) is 0.459. The quantitative estimate of drug-likeness (QED) is 0.769. The standard InChI is InChI=1S/C11H9BrIN3O2/c12-9-2-1-7(13)5-8(9)11(17)14-4-3-10-15-6-18-16-10/h1-2,5-6H,3-4H2,(H,14,17). The maximum Gasteiger partial charge on any atom is 0.252 e. The fraction of sp³-hybridized carbons (Fsp3) is 0.182. The summed E-state index contributed by atoms with van der Waals surface area (Å²) < 4.78 is 6.40. The lowest BCUT2D eigenvalue weighted by atomic mass is 10.2. The summed E-state index contributed by atoms with van der Waals surface area (Å²) in [7, 11) is 0. The Morgan fingerprint density at radius 3 is 3.06 bits per heavy atom. The predicted octanol–water partition coefficient (Wildman–Crippen LogP) is 2.41. The normalized spacial score (nSPS) is 10.3. The second kappa shape index (κ2) is 6.28. The fourth-order valence-corrected chi connectivity index (χ4v) is 2.28. The summed E-state index contributed by atoms with van der Waals surface area (Å²) >= 11 is 5.53. The monoisotopic (exact) mass is 421 g/mol. The Morgan fingerprint density at radius 1 is 1.50 bits per heavy atom. The van der Waals surface area contributed by atoms with Crippen molar-refractivity contribution in [3.63, 3.8) is 0 Å². The zero-order chi connectivity index (χ0) is 13.0. The van der Waals surface area contributed by atoms with Crippen molar-refractivity contribution in [3.05, 3.63) is 44.0 Å². The molecule has 0 saturated heterocycles. The lowest BCUT2D eigenvalue weighted by molar-refractivity contribution is 0.0953. The third-order valence-electron chi connectivity index (χ3n) is 2.21. The van der Waals surface area contributed by atoms with Crippen LogP contribution in [0.5, 0.6) is 0 Å². The molecule has 0 bridgehead atoms. The average Bonchev–Trinajstić information content (AvgIpc) is 2.85. The van der Waals surface area contributed by atoms with E-state index in [1.54, 1.807) is 0 Å². The fourth-order valence-electron chi connectivity index (χ4n) is 1.36. The van der Waals surface area contributed by atoms with Gasteiger partial charge in [-0.05, 0) is 56.7 Å². The van der Waals surface area contributed by atoms with Gasteiger partial charge in [-0.15, -0.1) is 0 Å². The lowest BCUT2D eigenvalue weighted by Gasteiger charge is -2.06. The topological polar surface area (TPSA) is 68.0 Å². The molecule has 0 saturated carbocycles. The van der Waals surface area contributed by atoms with Crippen LogP contribution >= 0.6 is 38.5 Å². The average molecular weight is 422 g/mol. The molecule has 0 aliphatic heterocycles. The van der Waals surface area contributed by atoms with Gasteiger partial charge in [0, 0.05) is 21.0 Å². The lowest BCUT2D eigenvalue weighted by Crippen LogP contribution is -2.26. The minimum Gasteiger partial charge on any atom is -0.352 e. The van der Waals surface area contributed by atoms with E-state index in [-0.39, 0.29) is 5.91 Å². The molecule has 1 heterocycles. The molecule has 1 aromatic heterocycles. The largest absolute Gasteiger partial charge is 0.352 e. The summed E-state index contributed by atoms with van der Waals surface area (Å²) in [4.78, 5) is 15.8. The summed E-state index contributed by atoms with van der Waals surface area (Å²) in [6.45, 7) is 0.469. The zero-order valence-electron chi connectivity index (χ0n) is 9.19. The molecule has 0 unspecified atom stereocenters. The van der Waals surface area contributed by atoms with Crippen LogP contribution in [0, 0.1) is 3.57 Å². The van der Waals surface area contributed by atoms with Gasteiger partial charge in [-0.3, -0.25) is 4.79 Å². The number of carbonyl (C=O) groups is 1. The Hall–Kier alpha value is -0.960. The Balaban J connectivity index is 1.93. The molecule has 0 radical (unpaired) electrons. The maximum absolute atomic E-state index is 11.9. The minimum absolute atomic E-state index is 0.121. The number of hydrogen-bond acceptors (Lipinski definition) is 4. The first-order chi connectivity index (χ1) is 8.66. The van der Waals surface area contributed by atoms with Gasteiger partial charge >= 0.3 is 0 Å². The van der Waals surface area contributed by atoms with Gasteiger partial charge in [0.05, 0.1) is 5.56 Å². The van der Waals surface area contributed by atoms with Crippen molar-refractivity contribution < 1.29 is 9.32 Å². The molecule has 5 nitrogen and oxygen atoms in total. The highest BCUT2D eigenvalue weighted by Crippen LogP contribution is 2.19. The second-order valence-electron chi connectivity index (χ2n) is 3.48. The van der Waals surface area contributed by atoms with Gasteiger partial charge < -0.3 is 9.84 Å². The van der Waals surface area contributed by atoms with E-state index in [1.807, 2.05) is 18.2 Å². The minimum atomic E-state index is -0.121. The van der Waals surface area contributed by atoms with Crippen molar-refractivity contribution in [1.29, 1.82) is 0 Å². The van der Waals surface area contributed by atoms with E-state index < -0.39 is 0 Å². The molecule has 18 heavy (non-hydrogen) atoms. The molecule has 94 valence electrons. The molecule has 7 heteroatoms. The Bertz CT molecular complexity index is 545. The summed E-state index contributed by atoms with van der Waals surface area (Å²) in [5.41, 5.74) is 0.620. The molecule has 0 aliphatic carbocycles. The number of nitrogens with zero attached hydrogens (tertiary/aromatic N) is 2. The maximum atomic E-state index is 11.9. The van der Waals surface area contributed by atoms with Gasteiger partial charge in [-0.25, -0.2) is 0 Å². The second-order valence-corrected chi connectivity index (χ2v) is 5.58. The van der Waals surface area contributed by atoms with Crippen LogP contribution in [0.2, 0.25) is 0 Å². The molecule has 1 amide bonds. The van der Waals surface area contributed by atoms with Crippen molar-refractivity contribution in [2.45, 2.75) is 6.42 Å². The number of rotatable bonds is 4. The molecule has 1 aromatic carbocycles.